The lowest BCUT2D eigenvalue weighted by Gasteiger charge is -2.40. The number of rotatable bonds is 9. The highest BCUT2D eigenvalue weighted by Crippen LogP contribution is 2.47. The lowest BCUT2D eigenvalue weighted by molar-refractivity contribution is -0.138. The molecule has 0 bridgehead atoms. The van der Waals surface area contributed by atoms with Crippen molar-refractivity contribution in [3.05, 3.63) is 90.0 Å². The Hall–Kier alpha value is -3.42. The standard InChI is InChI=1S/C27H30N2O5/c1-2-3-13-23(31)29(17-18-9-5-4-6-10-18)21-16-20(27(33)28-14-15-30)24-19-11-7-8-12-22(19)34-26(24)25(21)32/h2,4-12,16,21,24-26,30,32H,1,3,13-15,17H2,(H,28,33)/t21-,24+,25+,26+/m1/s1. The molecule has 178 valence electrons. The first-order valence-electron chi connectivity index (χ1n) is 11.5. The van der Waals surface area contributed by atoms with Crippen LogP contribution in [-0.2, 0) is 16.1 Å². The third kappa shape index (κ3) is 4.76. The second-order valence-corrected chi connectivity index (χ2v) is 8.52. The van der Waals surface area contributed by atoms with E-state index in [9.17, 15) is 19.8 Å². The highest BCUT2D eigenvalue weighted by atomic mass is 16.5. The molecule has 0 aromatic heterocycles. The number of nitrogens with one attached hydrogen (secondary N) is 1. The van der Waals surface area contributed by atoms with E-state index in [1.54, 1.807) is 17.1 Å². The van der Waals surface area contributed by atoms with Crippen molar-refractivity contribution in [2.75, 3.05) is 13.2 Å². The summed E-state index contributed by atoms with van der Waals surface area (Å²) in [5, 5.41) is 23.4. The van der Waals surface area contributed by atoms with Crippen molar-refractivity contribution < 1.29 is 24.5 Å². The summed E-state index contributed by atoms with van der Waals surface area (Å²) in [6.45, 7) is 3.91. The Morgan fingerprint density at radius 1 is 1.12 bits per heavy atom. The second kappa shape index (κ2) is 10.7. The molecule has 0 saturated carbocycles. The van der Waals surface area contributed by atoms with Crippen molar-refractivity contribution in [2.45, 2.75) is 43.6 Å². The van der Waals surface area contributed by atoms with Crippen LogP contribution >= 0.6 is 0 Å². The van der Waals surface area contributed by atoms with Gasteiger partial charge < -0.3 is 25.2 Å². The van der Waals surface area contributed by atoms with Crippen molar-refractivity contribution >= 4 is 11.8 Å². The van der Waals surface area contributed by atoms with Crippen LogP contribution in [0.25, 0.3) is 0 Å². The van der Waals surface area contributed by atoms with Gasteiger partial charge in [-0.3, -0.25) is 9.59 Å². The van der Waals surface area contributed by atoms with Gasteiger partial charge in [0.2, 0.25) is 11.8 Å². The van der Waals surface area contributed by atoms with Crippen molar-refractivity contribution in [3.63, 3.8) is 0 Å². The van der Waals surface area contributed by atoms with Crippen LogP contribution in [0.2, 0.25) is 0 Å². The minimum atomic E-state index is -1.04. The van der Waals surface area contributed by atoms with Crippen molar-refractivity contribution in [1.82, 2.24) is 10.2 Å². The first-order chi connectivity index (χ1) is 16.5. The molecule has 34 heavy (non-hydrogen) atoms. The number of carbonyl (C=O) groups excluding carboxylic acids is 2. The molecular weight excluding hydrogens is 432 g/mol. The first kappa shape index (κ1) is 23.7. The second-order valence-electron chi connectivity index (χ2n) is 8.52. The molecule has 2 aromatic carbocycles. The zero-order valence-electron chi connectivity index (χ0n) is 19.0. The molecule has 2 aromatic rings. The highest BCUT2D eigenvalue weighted by molar-refractivity contribution is 5.96. The summed E-state index contributed by atoms with van der Waals surface area (Å²) < 4.78 is 6.13. The van der Waals surface area contributed by atoms with Gasteiger partial charge in [0.1, 0.15) is 18.0 Å². The number of para-hydroxylation sites is 1. The lowest BCUT2D eigenvalue weighted by atomic mass is 9.77. The average molecular weight is 463 g/mol. The molecule has 2 aliphatic rings. The van der Waals surface area contributed by atoms with E-state index in [1.807, 2.05) is 54.6 Å². The number of aliphatic hydroxyl groups excluding tert-OH is 2. The number of aliphatic hydroxyl groups is 2. The van der Waals surface area contributed by atoms with E-state index in [4.69, 9.17) is 4.74 Å². The van der Waals surface area contributed by atoms with Crippen molar-refractivity contribution in [3.8, 4) is 5.75 Å². The molecule has 3 N–H and O–H groups in total. The number of allylic oxidation sites excluding steroid dienone is 1. The van der Waals surface area contributed by atoms with Crippen LogP contribution in [0.3, 0.4) is 0 Å². The molecule has 2 amide bonds. The Labute approximate surface area is 199 Å². The quantitative estimate of drug-likeness (QED) is 0.497. The summed E-state index contributed by atoms with van der Waals surface area (Å²) in [7, 11) is 0. The number of amides is 2. The number of ether oxygens (including phenoxy) is 1. The average Bonchev–Trinajstić information content (AvgIpc) is 3.26. The zero-order chi connectivity index (χ0) is 24.1. The van der Waals surface area contributed by atoms with Crippen LogP contribution in [0.1, 0.15) is 29.9 Å². The fourth-order valence-electron chi connectivity index (χ4n) is 4.70. The molecule has 0 saturated heterocycles. The lowest BCUT2D eigenvalue weighted by Crippen LogP contribution is -2.55. The number of nitrogens with zero attached hydrogens (tertiary/aromatic N) is 1. The Balaban J connectivity index is 1.74. The molecule has 4 rings (SSSR count). The number of hydrogen-bond donors (Lipinski definition) is 3. The van der Waals surface area contributed by atoms with E-state index in [1.165, 1.54) is 0 Å². The summed E-state index contributed by atoms with van der Waals surface area (Å²) in [6, 6.07) is 16.2. The van der Waals surface area contributed by atoms with E-state index in [0.29, 0.717) is 17.7 Å². The number of benzene rings is 2. The molecule has 4 atom stereocenters. The Morgan fingerprint density at radius 2 is 1.85 bits per heavy atom. The van der Waals surface area contributed by atoms with Gasteiger partial charge in [0.15, 0.2) is 0 Å². The first-order valence-corrected chi connectivity index (χ1v) is 11.5. The van der Waals surface area contributed by atoms with E-state index in [2.05, 4.69) is 11.9 Å². The van der Waals surface area contributed by atoms with Crippen LogP contribution < -0.4 is 10.1 Å². The van der Waals surface area contributed by atoms with Crippen LogP contribution in [-0.4, -0.2) is 58.3 Å². The summed E-state index contributed by atoms with van der Waals surface area (Å²) in [5.41, 5.74) is 2.16. The summed E-state index contributed by atoms with van der Waals surface area (Å²) in [4.78, 5) is 28.0. The van der Waals surface area contributed by atoms with Gasteiger partial charge in [-0.15, -0.1) is 6.58 Å². The molecule has 1 aliphatic carbocycles. The SMILES string of the molecule is C=CCCC(=O)N(Cc1ccccc1)[C@@H]1C=C(C(=O)NCCO)[C@@H]2c3ccccc3O[C@@H]2[C@H]1O. The zero-order valence-corrected chi connectivity index (χ0v) is 19.0. The molecule has 7 nitrogen and oxygen atoms in total. The van der Waals surface area contributed by atoms with Gasteiger partial charge in [-0.1, -0.05) is 54.6 Å². The fourth-order valence-corrected chi connectivity index (χ4v) is 4.70. The summed E-state index contributed by atoms with van der Waals surface area (Å²) in [6.07, 6.45) is 2.38. The van der Waals surface area contributed by atoms with Gasteiger partial charge in [0.25, 0.3) is 0 Å². The predicted octanol–water partition coefficient (Wildman–Crippen LogP) is 2.30. The fraction of sp³-hybridized carbons (Fsp3) is 0.333. The maximum Gasteiger partial charge on any atom is 0.247 e. The maximum absolute atomic E-state index is 13.3. The van der Waals surface area contributed by atoms with E-state index in [0.717, 1.165) is 11.1 Å². The van der Waals surface area contributed by atoms with Crippen LogP contribution in [0, 0.1) is 0 Å². The van der Waals surface area contributed by atoms with E-state index < -0.39 is 24.2 Å². The van der Waals surface area contributed by atoms with Crippen molar-refractivity contribution in [2.24, 2.45) is 0 Å². The number of hydrogen-bond acceptors (Lipinski definition) is 5. The monoisotopic (exact) mass is 462 g/mol. The van der Waals surface area contributed by atoms with Crippen LogP contribution in [0.15, 0.2) is 78.9 Å². The smallest absolute Gasteiger partial charge is 0.247 e. The van der Waals surface area contributed by atoms with Gasteiger partial charge in [0, 0.05) is 30.6 Å². The molecule has 1 aliphatic heterocycles. The summed E-state index contributed by atoms with van der Waals surface area (Å²) in [5.74, 6) is -0.346. The van der Waals surface area contributed by atoms with Gasteiger partial charge in [0.05, 0.1) is 18.6 Å². The number of fused-ring (bicyclic) bond motifs is 3. The Kier molecular flexibility index (Phi) is 7.45. The van der Waals surface area contributed by atoms with Gasteiger partial charge in [-0.25, -0.2) is 0 Å². The molecule has 0 fully saturated rings. The topological polar surface area (TPSA) is 99.1 Å². The van der Waals surface area contributed by atoms with Gasteiger partial charge >= 0.3 is 0 Å². The Bertz CT molecular complexity index is 1070. The van der Waals surface area contributed by atoms with Gasteiger partial charge in [-0.05, 0) is 24.1 Å². The molecule has 0 radical (unpaired) electrons. The third-order valence-corrected chi connectivity index (χ3v) is 6.32. The molecule has 1 heterocycles. The maximum atomic E-state index is 13.3. The Morgan fingerprint density at radius 3 is 2.59 bits per heavy atom. The highest BCUT2D eigenvalue weighted by Gasteiger charge is 2.50. The van der Waals surface area contributed by atoms with Crippen molar-refractivity contribution in [1.29, 1.82) is 0 Å². The van der Waals surface area contributed by atoms with Crippen LogP contribution in [0.5, 0.6) is 5.75 Å². The number of carbonyl (C=O) groups is 2. The van der Waals surface area contributed by atoms with E-state index in [-0.39, 0.29) is 37.9 Å². The van der Waals surface area contributed by atoms with Crippen LogP contribution in [0.4, 0.5) is 0 Å². The van der Waals surface area contributed by atoms with Gasteiger partial charge in [-0.2, -0.15) is 0 Å². The minimum Gasteiger partial charge on any atom is -0.486 e. The van der Waals surface area contributed by atoms with E-state index >= 15 is 0 Å². The summed E-state index contributed by atoms with van der Waals surface area (Å²) >= 11 is 0. The molecule has 0 unspecified atom stereocenters. The normalized spacial score (nSPS) is 22.6. The third-order valence-electron chi connectivity index (χ3n) is 6.32. The minimum absolute atomic E-state index is 0.106. The molecular formula is C27H30N2O5. The molecule has 0 spiro atoms. The largest absolute Gasteiger partial charge is 0.486 e. The molecule has 7 heteroatoms. The predicted molar refractivity (Wildman–Crippen MR) is 128 cm³/mol.